The Balaban J connectivity index is 2.45. The molecule has 0 heterocycles. The Labute approximate surface area is 271 Å². The van der Waals surface area contributed by atoms with Crippen molar-refractivity contribution < 1.29 is 38.9 Å². The van der Waals surface area contributed by atoms with Crippen molar-refractivity contribution in [2.75, 3.05) is 14.1 Å². The van der Waals surface area contributed by atoms with Gasteiger partial charge < -0.3 is 41.0 Å². The molecule has 0 fully saturated rings. The van der Waals surface area contributed by atoms with E-state index in [-0.39, 0.29) is 25.0 Å². The molecule has 46 heavy (non-hydrogen) atoms. The highest BCUT2D eigenvalue weighted by Crippen LogP contribution is 2.18. The van der Waals surface area contributed by atoms with Crippen LogP contribution < -0.4 is 21.3 Å². The van der Waals surface area contributed by atoms with Gasteiger partial charge in [-0.1, -0.05) is 101 Å². The van der Waals surface area contributed by atoms with Gasteiger partial charge in [0, 0.05) is 14.1 Å². The van der Waals surface area contributed by atoms with Crippen LogP contribution in [0, 0.1) is 11.8 Å². The molecular weight excluding hydrogens is 592 g/mol. The summed E-state index contributed by atoms with van der Waals surface area (Å²) in [5.41, 5.74) is 1.37. The summed E-state index contributed by atoms with van der Waals surface area (Å²) >= 11 is 0. The lowest BCUT2D eigenvalue weighted by Crippen LogP contribution is -2.60. The molecule has 2 unspecified atom stereocenters. The summed E-state index contributed by atoms with van der Waals surface area (Å²) < 4.78 is 11.8. The van der Waals surface area contributed by atoms with Gasteiger partial charge in [0.05, 0.1) is 13.2 Å². The number of nitrogens with one attached hydrogen (secondary N) is 4. The van der Waals surface area contributed by atoms with E-state index in [2.05, 4.69) is 21.3 Å². The van der Waals surface area contributed by atoms with Gasteiger partial charge in [-0.25, -0.2) is 0 Å². The van der Waals surface area contributed by atoms with Crippen LogP contribution in [0.25, 0.3) is 0 Å². The molecule has 12 nitrogen and oxygen atoms in total. The molecule has 0 spiro atoms. The SMILES string of the molecule is CC[C@@H](C)C(NC(=O)[C@H](OCc1ccccc1)[C@H](O)[C@@H](O)[C@@H](OCc1ccccc1)C(=O)NC(C(=O)NC)[C@@H](C)CC)C(=O)NC. The molecule has 0 bridgehead atoms. The van der Waals surface area contributed by atoms with Crippen molar-refractivity contribution in [3.8, 4) is 0 Å². The van der Waals surface area contributed by atoms with Gasteiger partial charge >= 0.3 is 0 Å². The summed E-state index contributed by atoms with van der Waals surface area (Å²) in [6.07, 6.45) is -6.27. The first-order chi connectivity index (χ1) is 22.0. The van der Waals surface area contributed by atoms with Crippen LogP contribution in [0.15, 0.2) is 60.7 Å². The van der Waals surface area contributed by atoms with E-state index in [1.54, 1.807) is 62.4 Å². The Morgan fingerprint density at radius 1 is 0.609 bits per heavy atom. The van der Waals surface area contributed by atoms with Crippen LogP contribution in [0.5, 0.6) is 0 Å². The lowest BCUT2D eigenvalue weighted by atomic mass is 9.95. The standard InChI is InChI=1S/C34H50N4O8/c1-7-21(3)25(31(41)35-5)37-33(43)29(45-19-23-15-11-9-12-16-23)27(39)28(40)30(46-20-24-17-13-10-14-18-24)34(44)38-26(22(4)8-2)32(42)36-6/h9-18,21-22,25-30,39-40H,7-8,19-20H2,1-6H3,(H,35,41)(H,36,42)(H,37,43)(H,38,44)/t21-,22+,25?,26?,27-,28-,29-,30-/m1/s1. The van der Waals surface area contributed by atoms with Crippen molar-refractivity contribution in [1.29, 1.82) is 0 Å². The van der Waals surface area contributed by atoms with Crippen LogP contribution in [-0.4, -0.2) is 84.4 Å². The third-order valence-electron chi connectivity index (χ3n) is 8.11. The predicted molar refractivity (Wildman–Crippen MR) is 173 cm³/mol. The van der Waals surface area contributed by atoms with E-state index in [0.717, 1.165) is 0 Å². The number of rotatable bonds is 19. The van der Waals surface area contributed by atoms with Gasteiger partial charge in [0.15, 0.2) is 12.2 Å². The van der Waals surface area contributed by atoms with E-state index in [1.165, 1.54) is 14.1 Å². The van der Waals surface area contributed by atoms with Crippen LogP contribution in [0.3, 0.4) is 0 Å². The van der Waals surface area contributed by atoms with Gasteiger partial charge in [-0.3, -0.25) is 19.2 Å². The summed E-state index contributed by atoms with van der Waals surface area (Å²) in [6.45, 7) is 7.09. The number of hydrogen-bond acceptors (Lipinski definition) is 8. The predicted octanol–water partition coefficient (Wildman–Crippen LogP) is 1.43. The van der Waals surface area contributed by atoms with Crippen molar-refractivity contribution in [3.63, 3.8) is 0 Å². The van der Waals surface area contributed by atoms with Crippen molar-refractivity contribution >= 4 is 23.6 Å². The first-order valence-corrected chi connectivity index (χ1v) is 15.7. The van der Waals surface area contributed by atoms with Crippen molar-refractivity contribution in [2.45, 2.75) is 90.2 Å². The van der Waals surface area contributed by atoms with Gasteiger partial charge in [-0.15, -0.1) is 0 Å². The number of ether oxygens (including phenoxy) is 2. The van der Waals surface area contributed by atoms with Gasteiger partial charge in [0.25, 0.3) is 11.8 Å². The zero-order valence-electron chi connectivity index (χ0n) is 27.6. The molecule has 0 aliphatic rings. The second-order valence-electron chi connectivity index (χ2n) is 11.4. The average Bonchev–Trinajstić information content (AvgIpc) is 3.08. The Hall–Kier alpha value is -3.84. The molecule has 2 rings (SSSR count). The quantitative estimate of drug-likeness (QED) is 0.133. The van der Waals surface area contributed by atoms with Gasteiger partial charge in [-0.2, -0.15) is 0 Å². The molecule has 0 aliphatic heterocycles. The number of hydrogen-bond donors (Lipinski definition) is 6. The molecule has 8 atom stereocenters. The Kier molecular flexibility index (Phi) is 16.4. The van der Waals surface area contributed by atoms with Crippen molar-refractivity contribution in [1.82, 2.24) is 21.3 Å². The largest absolute Gasteiger partial charge is 0.387 e. The van der Waals surface area contributed by atoms with Crippen LogP contribution in [0.4, 0.5) is 0 Å². The molecule has 0 saturated carbocycles. The summed E-state index contributed by atoms with van der Waals surface area (Å²) in [5.74, 6) is -3.13. The Bertz CT molecular complexity index is 1140. The zero-order valence-corrected chi connectivity index (χ0v) is 27.6. The maximum atomic E-state index is 13.7. The topological polar surface area (TPSA) is 175 Å². The van der Waals surface area contributed by atoms with Crippen LogP contribution in [0.2, 0.25) is 0 Å². The van der Waals surface area contributed by atoms with Gasteiger partial charge in [0.1, 0.15) is 24.3 Å². The molecule has 4 amide bonds. The number of carbonyl (C=O) groups excluding carboxylic acids is 4. The average molecular weight is 643 g/mol. The maximum absolute atomic E-state index is 13.7. The molecule has 0 saturated heterocycles. The minimum absolute atomic E-state index is 0.120. The number of aliphatic hydroxyl groups is 2. The molecular formula is C34H50N4O8. The normalized spacial score (nSPS) is 16.4. The maximum Gasteiger partial charge on any atom is 0.252 e. The third-order valence-corrected chi connectivity index (χ3v) is 8.11. The lowest BCUT2D eigenvalue weighted by molar-refractivity contribution is -0.171. The fourth-order valence-corrected chi connectivity index (χ4v) is 4.72. The highest BCUT2D eigenvalue weighted by molar-refractivity contribution is 5.91. The molecule has 0 radical (unpaired) electrons. The molecule has 2 aromatic carbocycles. The second-order valence-corrected chi connectivity index (χ2v) is 11.4. The molecule has 0 aliphatic carbocycles. The first kappa shape index (κ1) is 38.3. The summed E-state index contributed by atoms with van der Waals surface area (Å²) in [7, 11) is 2.90. The summed E-state index contributed by atoms with van der Waals surface area (Å²) in [4.78, 5) is 52.7. The Morgan fingerprint density at radius 3 is 1.22 bits per heavy atom. The summed E-state index contributed by atoms with van der Waals surface area (Å²) in [5, 5.41) is 33.4. The molecule has 0 aromatic heterocycles. The van der Waals surface area contributed by atoms with Crippen LogP contribution >= 0.6 is 0 Å². The van der Waals surface area contributed by atoms with Crippen LogP contribution in [-0.2, 0) is 41.9 Å². The van der Waals surface area contributed by atoms with E-state index in [1.807, 2.05) is 26.0 Å². The van der Waals surface area contributed by atoms with E-state index < -0.39 is 60.1 Å². The van der Waals surface area contributed by atoms with Crippen molar-refractivity contribution in [2.24, 2.45) is 11.8 Å². The molecule has 254 valence electrons. The smallest absolute Gasteiger partial charge is 0.252 e. The minimum atomic E-state index is -1.99. The van der Waals surface area contributed by atoms with Gasteiger partial charge in [0.2, 0.25) is 11.8 Å². The number of amides is 4. The minimum Gasteiger partial charge on any atom is -0.387 e. The third kappa shape index (κ3) is 11.2. The van der Waals surface area contributed by atoms with E-state index in [4.69, 9.17) is 9.47 Å². The van der Waals surface area contributed by atoms with Crippen molar-refractivity contribution in [3.05, 3.63) is 71.8 Å². The zero-order chi connectivity index (χ0) is 34.2. The molecule has 12 heteroatoms. The van der Waals surface area contributed by atoms with Crippen LogP contribution in [0.1, 0.15) is 51.7 Å². The number of benzene rings is 2. The Morgan fingerprint density at radius 2 is 0.935 bits per heavy atom. The summed E-state index contributed by atoms with van der Waals surface area (Å²) in [6, 6.07) is 15.9. The number of carbonyl (C=O) groups is 4. The first-order valence-electron chi connectivity index (χ1n) is 15.7. The van der Waals surface area contributed by atoms with E-state index in [0.29, 0.717) is 24.0 Å². The fourth-order valence-electron chi connectivity index (χ4n) is 4.72. The second kappa shape index (κ2) is 19.6. The molecule has 2 aromatic rings. The van der Waals surface area contributed by atoms with E-state index >= 15 is 0 Å². The number of aliphatic hydroxyl groups excluding tert-OH is 2. The highest BCUT2D eigenvalue weighted by Gasteiger charge is 2.43. The number of likely N-dealkylation sites (N-methyl/N-ethyl adjacent to an activating group) is 2. The van der Waals surface area contributed by atoms with Gasteiger partial charge in [-0.05, 0) is 23.0 Å². The lowest BCUT2D eigenvalue weighted by Gasteiger charge is -2.33. The fraction of sp³-hybridized carbons (Fsp3) is 0.529. The van der Waals surface area contributed by atoms with E-state index in [9.17, 15) is 29.4 Å². The molecule has 6 N–H and O–H groups in total. The highest BCUT2D eigenvalue weighted by atomic mass is 16.5. The monoisotopic (exact) mass is 642 g/mol.